The number of likely N-dealkylation sites (tertiary alicyclic amines) is 1. The Balaban J connectivity index is 1.78. The van der Waals surface area contributed by atoms with E-state index in [1.807, 2.05) is 61.4 Å². The molecule has 4 amide bonds. The van der Waals surface area contributed by atoms with Crippen molar-refractivity contribution in [3.8, 4) is 0 Å². The topological polar surface area (TPSA) is 130 Å². The highest BCUT2D eigenvalue weighted by Gasteiger charge is 2.43. The number of nitrogens with one attached hydrogen (secondary N) is 2. The van der Waals surface area contributed by atoms with Gasteiger partial charge < -0.3 is 29.9 Å². The molecule has 1 aromatic carbocycles. The first-order chi connectivity index (χ1) is 24.2. The molecule has 8 atom stereocenters. The van der Waals surface area contributed by atoms with E-state index in [9.17, 15) is 19.2 Å². The Morgan fingerprint density at radius 1 is 1.00 bits per heavy atom. The number of ether oxygens (including phenoxy) is 2. The highest BCUT2D eigenvalue weighted by atomic mass is 32.1. The first-order valence-electron chi connectivity index (χ1n) is 18.4. The molecule has 2 heterocycles. The number of carbonyl (C=O) groups is 4. The van der Waals surface area contributed by atoms with Gasteiger partial charge in [-0.15, -0.1) is 11.3 Å². The van der Waals surface area contributed by atoms with Crippen molar-refractivity contribution in [2.45, 2.75) is 117 Å². The molecule has 1 fully saturated rings. The molecule has 12 heteroatoms. The molecule has 0 spiro atoms. The molecule has 2 N–H and O–H groups in total. The van der Waals surface area contributed by atoms with Crippen molar-refractivity contribution in [2.24, 2.45) is 23.7 Å². The molecule has 0 unspecified atom stereocenters. The summed E-state index contributed by atoms with van der Waals surface area (Å²) in [7, 11) is 4.91. The van der Waals surface area contributed by atoms with Gasteiger partial charge in [0.15, 0.2) is 0 Å². The maximum atomic E-state index is 14.2. The molecular formula is C39H61N5O6S. The van der Waals surface area contributed by atoms with Crippen LogP contribution in [0.25, 0.3) is 0 Å². The van der Waals surface area contributed by atoms with Crippen LogP contribution in [0.15, 0.2) is 41.9 Å². The lowest BCUT2D eigenvalue weighted by atomic mass is 9.89. The number of thiazole rings is 1. The average Bonchev–Trinajstić information content (AvgIpc) is 3.83. The number of carbonyl (C=O) groups excluding carboxylic acids is 4. The lowest BCUT2D eigenvalue weighted by molar-refractivity contribution is -0.147. The third-order valence-corrected chi connectivity index (χ3v) is 11.3. The number of benzene rings is 1. The third kappa shape index (κ3) is 11.1. The van der Waals surface area contributed by atoms with E-state index in [-0.39, 0.29) is 59.9 Å². The lowest BCUT2D eigenvalue weighted by Gasteiger charge is -2.41. The van der Waals surface area contributed by atoms with E-state index >= 15 is 0 Å². The van der Waals surface area contributed by atoms with Gasteiger partial charge in [0.1, 0.15) is 11.0 Å². The standard InChI is InChI=1S/C39H61N5O6S/c1-11-26(6)34(43(8)39(48)33(24(2)3)42-36(46)25(4)5)31(49-9)23-32(45)44-20-15-18-30(44)35(50-10)27(7)37(47)41-29(38-40-19-21-51-38)22-28-16-13-12-14-17-28/h12-14,16-17,19,21,24-27,29-31,33-35H,11,15,18,20,22-23H2,1-10H3,(H,41,47)(H,42,46)/t26-,27+,29-,30-,31+,33-,34-,35+/m0/s1. The molecular weight excluding hydrogens is 667 g/mol. The van der Waals surface area contributed by atoms with E-state index in [1.54, 1.807) is 46.2 Å². The number of hydrogen-bond acceptors (Lipinski definition) is 8. The monoisotopic (exact) mass is 727 g/mol. The van der Waals surface area contributed by atoms with Crippen molar-refractivity contribution in [1.29, 1.82) is 0 Å². The molecule has 11 nitrogen and oxygen atoms in total. The Hall–Kier alpha value is -3.35. The van der Waals surface area contributed by atoms with Crippen molar-refractivity contribution in [3.63, 3.8) is 0 Å². The molecule has 1 saturated heterocycles. The number of aromatic nitrogens is 1. The van der Waals surface area contributed by atoms with Gasteiger partial charge in [0.2, 0.25) is 23.6 Å². The zero-order chi connectivity index (χ0) is 37.8. The van der Waals surface area contributed by atoms with Gasteiger partial charge in [-0.2, -0.15) is 0 Å². The van der Waals surface area contributed by atoms with Gasteiger partial charge in [-0.25, -0.2) is 4.98 Å². The number of amides is 4. The summed E-state index contributed by atoms with van der Waals surface area (Å²) in [6.07, 6.45) is 3.55. The van der Waals surface area contributed by atoms with Crippen LogP contribution in [0.2, 0.25) is 0 Å². The fourth-order valence-electron chi connectivity index (χ4n) is 7.12. The second kappa shape index (κ2) is 20.0. The van der Waals surface area contributed by atoms with Crippen LogP contribution in [-0.4, -0.2) is 96.6 Å². The van der Waals surface area contributed by atoms with E-state index in [1.165, 1.54) is 11.3 Å². The summed E-state index contributed by atoms with van der Waals surface area (Å²) in [6.45, 7) is 13.9. The van der Waals surface area contributed by atoms with Crippen LogP contribution >= 0.6 is 11.3 Å². The molecule has 284 valence electrons. The predicted molar refractivity (Wildman–Crippen MR) is 201 cm³/mol. The maximum Gasteiger partial charge on any atom is 0.245 e. The van der Waals surface area contributed by atoms with Crippen LogP contribution in [0.5, 0.6) is 0 Å². The Bertz CT molecular complexity index is 1390. The Morgan fingerprint density at radius 3 is 2.24 bits per heavy atom. The highest BCUT2D eigenvalue weighted by molar-refractivity contribution is 7.09. The molecule has 3 rings (SSSR count). The summed E-state index contributed by atoms with van der Waals surface area (Å²) in [6, 6.07) is 8.30. The largest absolute Gasteiger partial charge is 0.379 e. The molecule has 0 aliphatic carbocycles. The predicted octanol–water partition coefficient (Wildman–Crippen LogP) is 5.26. The summed E-state index contributed by atoms with van der Waals surface area (Å²) < 4.78 is 12.0. The van der Waals surface area contributed by atoms with Gasteiger partial charge in [-0.1, -0.05) is 85.2 Å². The van der Waals surface area contributed by atoms with Crippen LogP contribution in [0.1, 0.15) is 90.8 Å². The quantitative estimate of drug-likeness (QED) is 0.202. The minimum absolute atomic E-state index is 0.0109. The summed E-state index contributed by atoms with van der Waals surface area (Å²) >= 11 is 1.51. The van der Waals surface area contributed by atoms with Crippen molar-refractivity contribution < 1.29 is 28.7 Å². The Morgan fingerprint density at radius 2 is 1.69 bits per heavy atom. The molecule has 1 aliphatic heterocycles. The zero-order valence-electron chi connectivity index (χ0n) is 32.3. The molecule has 2 aromatic rings. The van der Waals surface area contributed by atoms with E-state index in [0.29, 0.717) is 19.4 Å². The lowest BCUT2D eigenvalue weighted by Crippen LogP contribution is -2.58. The van der Waals surface area contributed by atoms with Gasteiger partial charge in [-0.05, 0) is 36.7 Å². The molecule has 1 aliphatic rings. The Labute approximate surface area is 309 Å². The van der Waals surface area contributed by atoms with Crippen molar-refractivity contribution >= 4 is 35.0 Å². The van der Waals surface area contributed by atoms with Crippen LogP contribution < -0.4 is 10.6 Å². The number of nitrogens with zero attached hydrogens (tertiary/aromatic N) is 3. The van der Waals surface area contributed by atoms with Crippen LogP contribution in [0, 0.1) is 23.7 Å². The summed E-state index contributed by atoms with van der Waals surface area (Å²) in [5.41, 5.74) is 1.09. The maximum absolute atomic E-state index is 14.2. The normalized spacial score (nSPS) is 18.8. The molecule has 1 aromatic heterocycles. The first-order valence-corrected chi connectivity index (χ1v) is 19.3. The first kappa shape index (κ1) is 42.1. The number of hydrogen-bond donors (Lipinski definition) is 2. The molecule has 0 radical (unpaired) electrons. The van der Waals surface area contributed by atoms with E-state index in [0.717, 1.165) is 23.4 Å². The minimum atomic E-state index is -0.703. The third-order valence-electron chi connectivity index (χ3n) is 10.4. The fraction of sp³-hybridized carbons (Fsp3) is 0.667. The van der Waals surface area contributed by atoms with Gasteiger partial charge >= 0.3 is 0 Å². The van der Waals surface area contributed by atoms with Crippen molar-refractivity contribution in [3.05, 3.63) is 52.5 Å². The SMILES string of the molecule is CC[C@H](C)[C@@H]([C@@H](CC(=O)N1CCC[C@H]1[C@H](OC)[C@@H](C)C(=O)N[C@@H](Cc1ccccc1)c1nccs1)OC)N(C)C(=O)[C@@H](NC(=O)C(C)C)C(C)C. The van der Waals surface area contributed by atoms with E-state index < -0.39 is 30.2 Å². The van der Waals surface area contributed by atoms with Crippen LogP contribution in [0.3, 0.4) is 0 Å². The average molecular weight is 728 g/mol. The minimum Gasteiger partial charge on any atom is -0.379 e. The summed E-state index contributed by atoms with van der Waals surface area (Å²) in [4.78, 5) is 62.6. The number of methoxy groups -OCH3 is 2. The Kier molecular flexibility index (Phi) is 16.5. The highest BCUT2D eigenvalue weighted by Crippen LogP contribution is 2.30. The summed E-state index contributed by atoms with van der Waals surface area (Å²) in [5, 5.41) is 8.89. The second-order valence-electron chi connectivity index (χ2n) is 14.6. The van der Waals surface area contributed by atoms with Gasteiger partial charge in [-0.3, -0.25) is 19.2 Å². The molecule has 51 heavy (non-hydrogen) atoms. The van der Waals surface area contributed by atoms with Crippen LogP contribution in [0.4, 0.5) is 0 Å². The van der Waals surface area contributed by atoms with Gasteiger partial charge in [0.25, 0.3) is 0 Å². The zero-order valence-corrected chi connectivity index (χ0v) is 33.1. The van der Waals surface area contributed by atoms with Crippen molar-refractivity contribution in [2.75, 3.05) is 27.8 Å². The molecule has 0 saturated carbocycles. The molecule has 0 bridgehead atoms. The van der Waals surface area contributed by atoms with E-state index in [2.05, 4.69) is 29.5 Å². The van der Waals surface area contributed by atoms with Gasteiger partial charge in [0.05, 0.1) is 42.7 Å². The summed E-state index contributed by atoms with van der Waals surface area (Å²) in [5.74, 6) is -1.58. The van der Waals surface area contributed by atoms with Crippen molar-refractivity contribution in [1.82, 2.24) is 25.4 Å². The van der Waals surface area contributed by atoms with Gasteiger partial charge in [0, 0.05) is 45.3 Å². The van der Waals surface area contributed by atoms with E-state index in [4.69, 9.17) is 9.47 Å². The second-order valence-corrected chi connectivity index (χ2v) is 15.5. The number of likely N-dealkylation sites (N-methyl/N-ethyl adjacent to an activating group) is 1. The number of rotatable bonds is 19. The fourth-order valence-corrected chi connectivity index (χ4v) is 7.81. The van der Waals surface area contributed by atoms with Crippen LogP contribution in [-0.2, 0) is 35.1 Å². The smallest absolute Gasteiger partial charge is 0.245 e.